The number of nitrogens with zero attached hydrogens (tertiary/aromatic N) is 2. The Bertz CT molecular complexity index is 780. The Morgan fingerprint density at radius 3 is 2.81 bits per heavy atom. The molecule has 1 fully saturated rings. The van der Waals surface area contributed by atoms with Gasteiger partial charge in [-0.2, -0.15) is 0 Å². The third-order valence-corrected chi connectivity index (χ3v) is 6.74. The lowest BCUT2D eigenvalue weighted by molar-refractivity contribution is -0.115. The maximum absolute atomic E-state index is 12.4. The van der Waals surface area contributed by atoms with E-state index in [2.05, 4.69) is 20.8 Å². The summed E-state index contributed by atoms with van der Waals surface area (Å²) in [5.41, 5.74) is 0.634. The van der Waals surface area contributed by atoms with E-state index in [1.807, 2.05) is 6.92 Å². The van der Waals surface area contributed by atoms with Gasteiger partial charge >= 0.3 is 0 Å². The summed E-state index contributed by atoms with van der Waals surface area (Å²) in [6, 6.07) is 5.65. The number of methoxy groups -OCH3 is 1. The van der Waals surface area contributed by atoms with Crippen molar-refractivity contribution >= 4 is 51.4 Å². The Labute approximate surface area is 172 Å². The number of rotatable bonds is 7. The summed E-state index contributed by atoms with van der Waals surface area (Å²) in [5.74, 6) is 0.460. The minimum Gasteiger partial charge on any atom is -0.495 e. The zero-order chi connectivity index (χ0) is 19.2. The van der Waals surface area contributed by atoms with E-state index in [0.29, 0.717) is 22.5 Å². The Balaban J connectivity index is 1.52. The highest BCUT2D eigenvalue weighted by molar-refractivity contribution is 8.02. The van der Waals surface area contributed by atoms with E-state index in [9.17, 15) is 4.79 Å². The van der Waals surface area contributed by atoms with Crippen molar-refractivity contribution in [2.45, 2.75) is 54.7 Å². The van der Waals surface area contributed by atoms with Crippen LogP contribution in [-0.4, -0.2) is 34.5 Å². The van der Waals surface area contributed by atoms with Crippen LogP contribution in [0.15, 0.2) is 22.5 Å². The molecule has 2 aromatic rings. The fraction of sp³-hybridized carbons (Fsp3) is 0.500. The molecule has 2 N–H and O–H groups in total. The molecule has 1 heterocycles. The summed E-state index contributed by atoms with van der Waals surface area (Å²) in [7, 11) is 1.55. The Kier molecular flexibility index (Phi) is 7.20. The van der Waals surface area contributed by atoms with E-state index in [0.717, 1.165) is 9.47 Å². The van der Waals surface area contributed by atoms with E-state index in [1.54, 1.807) is 25.3 Å². The average molecular weight is 427 g/mol. The van der Waals surface area contributed by atoms with Crippen LogP contribution in [0.4, 0.5) is 10.8 Å². The van der Waals surface area contributed by atoms with E-state index in [1.165, 1.54) is 55.2 Å². The molecule has 27 heavy (non-hydrogen) atoms. The molecule has 1 atom stereocenters. The van der Waals surface area contributed by atoms with Gasteiger partial charge in [0.1, 0.15) is 5.75 Å². The minimum atomic E-state index is -0.304. The quantitative estimate of drug-likeness (QED) is 0.602. The first-order valence-electron chi connectivity index (χ1n) is 8.96. The van der Waals surface area contributed by atoms with Crippen molar-refractivity contribution in [3.8, 4) is 5.75 Å². The maximum atomic E-state index is 12.4. The highest BCUT2D eigenvalue weighted by atomic mass is 35.5. The van der Waals surface area contributed by atoms with Gasteiger partial charge in [0.05, 0.1) is 17.4 Å². The Hall–Kier alpha value is -1.51. The molecule has 1 aromatic heterocycles. The predicted octanol–water partition coefficient (Wildman–Crippen LogP) is 5.06. The molecule has 1 amide bonds. The normalized spacial score (nSPS) is 16.0. The van der Waals surface area contributed by atoms with Crippen molar-refractivity contribution in [2.24, 2.45) is 0 Å². The second-order valence-corrected chi connectivity index (χ2v) is 9.42. The van der Waals surface area contributed by atoms with Crippen molar-refractivity contribution in [2.75, 3.05) is 17.7 Å². The number of hydrogen-bond acceptors (Lipinski definition) is 7. The van der Waals surface area contributed by atoms with Crippen molar-refractivity contribution in [3.05, 3.63) is 23.2 Å². The van der Waals surface area contributed by atoms with Gasteiger partial charge in [0, 0.05) is 11.7 Å². The van der Waals surface area contributed by atoms with Gasteiger partial charge in [-0.3, -0.25) is 4.79 Å². The first-order chi connectivity index (χ1) is 13.0. The number of anilines is 2. The first-order valence-corrected chi connectivity index (χ1v) is 11.0. The van der Waals surface area contributed by atoms with E-state index < -0.39 is 0 Å². The maximum Gasteiger partial charge on any atom is 0.237 e. The molecule has 146 valence electrons. The number of carbonyl (C=O) groups is 1. The summed E-state index contributed by atoms with van der Waals surface area (Å²) in [6.07, 6.45) is 6.23. The molecule has 1 aliphatic carbocycles. The van der Waals surface area contributed by atoms with Gasteiger partial charge in [0.15, 0.2) is 4.34 Å². The summed E-state index contributed by atoms with van der Waals surface area (Å²) in [5, 5.41) is 15.7. The molecule has 0 aliphatic heterocycles. The van der Waals surface area contributed by atoms with Gasteiger partial charge < -0.3 is 15.4 Å². The molecule has 0 saturated heterocycles. The van der Waals surface area contributed by atoms with Gasteiger partial charge in [-0.25, -0.2) is 0 Å². The van der Waals surface area contributed by atoms with E-state index in [4.69, 9.17) is 16.3 Å². The first kappa shape index (κ1) is 20.2. The van der Waals surface area contributed by atoms with Crippen molar-refractivity contribution in [3.63, 3.8) is 0 Å². The lowest BCUT2D eigenvalue weighted by atomic mass is 9.96. The van der Waals surface area contributed by atoms with Crippen LogP contribution in [0.5, 0.6) is 5.75 Å². The summed E-state index contributed by atoms with van der Waals surface area (Å²) >= 11 is 9.00. The van der Waals surface area contributed by atoms with Crippen LogP contribution >= 0.6 is 34.7 Å². The zero-order valence-corrected chi connectivity index (χ0v) is 17.7. The van der Waals surface area contributed by atoms with Crippen LogP contribution in [0.1, 0.15) is 39.0 Å². The standard InChI is InChI=1S/C18H23ClN4O2S2/c1-11(16(24)20-13-8-9-15(25-2)14(19)10-13)26-18-23-22-17(27-18)21-12-6-4-3-5-7-12/h8-12H,3-7H2,1-2H3,(H,20,24)(H,21,22). The number of hydrogen-bond donors (Lipinski definition) is 2. The smallest absolute Gasteiger partial charge is 0.237 e. The summed E-state index contributed by atoms with van der Waals surface area (Å²) in [6.45, 7) is 1.85. The zero-order valence-electron chi connectivity index (χ0n) is 15.3. The minimum absolute atomic E-state index is 0.113. The topological polar surface area (TPSA) is 76.1 Å². The lowest BCUT2D eigenvalue weighted by Crippen LogP contribution is -2.22. The van der Waals surface area contributed by atoms with Crippen LogP contribution in [0, 0.1) is 0 Å². The molecule has 1 aromatic carbocycles. The molecule has 0 bridgehead atoms. The number of thioether (sulfide) groups is 1. The van der Waals surface area contributed by atoms with Crippen molar-refractivity contribution in [1.29, 1.82) is 0 Å². The number of aromatic nitrogens is 2. The van der Waals surface area contributed by atoms with E-state index in [-0.39, 0.29) is 11.2 Å². The second-order valence-electron chi connectivity index (χ2n) is 6.45. The molecule has 1 saturated carbocycles. The number of amides is 1. The highest BCUT2D eigenvalue weighted by Crippen LogP contribution is 2.32. The Morgan fingerprint density at radius 2 is 2.11 bits per heavy atom. The third kappa shape index (κ3) is 5.73. The molecule has 0 radical (unpaired) electrons. The van der Waals surface area contributed by atoms with Gasteiger partial charge in [0.2, 0.25) is 11.0 Å². The van der Waals surface area contributed by atoms with Crippen LogP contribution in [-0.2, 0) is 4.79 Å². The number of benzene rings is 1. The average Bonchev–Trinajstić information content (AvgIpc) is 3.09. The van der Waals surface area contributed by atoms with E-state index >= 15 is 0 Å². The van der Waals surface area contributed by atoms with Crippen molar-refractivity contribution in [1.82, 2.24) is 10.2 Å². The summed E-state index contributed by atoms with van der Waals surface area (Å²) in [4.78, 5) is 12.4. The molecule has 6 nitrogen and oxygen atoms in total. The molecule has 1 unspecified atom stereocenters. The third-order valence-electron chi connectivity index (χ3n) is 4.41. The molecule has 1 aliphatic rings. The molecule has 9 heteroatoms. The monoisotopic (exact) mass is 426 g/mol. The van der Waals surface area contributed by atoms with Crippen LogP contribution < -0.4 is 15.4 Å². The second kappa shape index (κ2) is 9.61. The van der Waals surface area contributed by atoms with Crippen LogP contribution in [0.2, 0.25) is 5.02 Å². The number of nitrogens with one attached hydrogen (secondary N) is 2. The SMILES string of the molecule is COc1ccc(NC(=O)C(C)Sc2nnc(NC3CCCCC3)s2)cc1Cl. The molecule has 0 spiro atoms. The molecular weight excluding hydrogens is 404 g/mol. The van der Waals surface area contributed by atoms with Gasteiger partial charge in [-0.1, -0.05) is 54.0 Å². The van der Waals surface area contributed by atoms with Crippen LogP contribution in [0.3, 0.4) is 0 Å². The van der Waals surface area contributed by atoms with Crippen LogP contribution in [0.25, 0.3) is 0 Å². The lowest BCUT2D eigenvalue weighted by Gasteiger charge is -2.21. The number of carbonyl (C=O) groups excluding carboxylic acids is 1. The Morgan fingerprint density at radius 1 is 1.33 bits per heavy atom. The van der Waals surface area contributed by atoms with Crippen molar-refractivity contribution < 1.29 is 9.53 Å². The number of ether oxygens (including phenoxy) is 1. The predicted molar refractivity (Wildman–Crippen MR) is 112 cm³/mol. The van der Waals surface area contributed by atoms with Gasteiger partial charge in [-0.05, 0) is 38.0 Å². The highest BCUT2D eigenvalue weighted by Gasteiger charge is 2.19. The number of halogens is 1. The molecule has 3 rings (SSSR count). The fourth-order valence-electron chi connectivity index (χ4n) is 2.93. The summed E-state index contributed by atoms with van der Waals surface area (Å²) < 4.78 is 5.90. The largest absolute Gasteiger partial charge is 0.495 e. The van der Waals surface area contributed by atoms with Gasteiger partial charge in [-0.15, -0.1) is 10.2 Å². The molecular formula is C18H23ClN4O2S2. The van der Waals surface area contributed by atoms with Gasteiger partial charge in [0.25, 0.3) is 0 Å². The fourth-order valence-corrected chi connectivity index (χ4v) is 5.16.